The third kappa shape index (κ3) is 3.38. The van der Waals surface area contributed by atoms with Crippen molar-refractivity contribution in [1.82, 2.24) is 20.2 Å². The zero-order valence-electron chi connectivity index (χ0n) is 14.5. The van der Waals surface area contributed by atoms with Crippen LogP contribution in [0.2, 0.25) is 0 Å². The van der Waals surface area contributed by atoms with Gasteiger partial charge in [0.1, 0.15) is 17.3 Å². The van der Waals surface area contributed by atoms with E-state index in [1.807, 2.05) is 0 Å². The number of hydrogen-bond acceptors (Lipinski definition) is 8. The summed E-state index contributed by atoms with van der Waals surface area (Å²) in [6, 6.07) is 6.52. The summed E-state index contributed by atoms with van der Waals surface area (Å²) < 4.78 is 19.5. The van der Waals surface area contributed by atoms with Crippen LogP contribution < -0.4 is 11.1 Å². The minimum atomic E-state index is -1.28. The van der Waals surface area contributed by atoms with Crippen LogP contribution in [0.5, 0.6) is 0 Å². The molecule has 4 N–H and O–H groups in total. The Balaban J connectivity index is 1.46. The highest BCUT2D eigenvalue weighted by atomic mass is 19.1. The second kappa shape index (κ2) is 7.01. The molecule has 4 rings (SSSR count). The number of aliphatic hydroxyl groups excluding tert-OH is 1. The third-order valence-electron chi connectivity index (χ3n) is 4.87. The number of oxazole rings is 1. The van der Waals surface area contributed by atoms with E-state index in [0.717, 1.165) is 19.3 Å². The van der Waals surface area contributed by atoms with E-state index in [1.54, 1.807) is 24.4 Å². The SMILES string of the molecule is NC(O)c1ncc(-c2ccc(NCC3(c4ncccc4F)CCC3)nn2)o1. The van der Waals surface area contributed by atoms with Crippen molar-refractivity contribution in [3.05, 3.63) is 54.1 Å². The Bertz CT molecular complexity index is 924. The van der Waals surface area contributed by atoms with Crippen LogP contribution in [0.3, 0.4) is 0 Å². The van der Waals surface area contributed by atoms with Gasteiger partial charge in [-0.3, -0.25) is 10.7 Å². The largest absolute Gasteiger partial charge is 0.435 e. The van der Waals surface area contributed by atoms with Crippen molar-refractivity contribution in [3.8, 4) is 11.5 Å². The molecule has 1 aliphatic rings. The van der Waals surface area contributed by atoms with Gasteiger partial charge in [-0.1, -0.05) is 6.42 Å². The van der Waals surface area contributed by atoms with Gasteiger partial charge in [-0.15, -0.1) is 10.2 Å². The topological polar surface area (TPSA) is 123 Å². The van der Waals surface area contributed by atoms with Crippen molar-refractivity contribution in [3.63, 3.8) is 0 Å². The normalized spacial score (nSPS) is 16.6. The first-order chi connectivity index (χ1) is 13.1. The van der Waals surface area contributed by atoms with Gasteiger partial charge in [0.15, 0.2) is 12.0 Å². The first-order valence-electron chi connectivity index (χ1n) is 8.66. The number of nitrogens with two attached hydrogens (primary N) is 1. The standard InChI is InChI=1S/C18H19FN6O2/c19-11-3-1-8-21-15(11)18(6-2-7-18)10-23-14-5-4-12(24-25-14)13-9-22-17(27-13)16(20)26/h1,3-5,8-9,16,26H,2,6-7,10,20H2,(H,23,25). The minimum Gasteiger partial charge on any atom is -0.435 e. The Hall–Kier alpha value is -2.91. The van der Waals surface area contributed by atoms with E-state index in [0.29, 0.717) is 29.5 Å². The zero-order chi connectivity index (χ0) is 18.9. The van der Waals surface area contributed by atoms with E-state index in [1.165, 1.54) is 12.3 Å². The lowest BCUT2D eigenvalue weighted by Crippen LogP contribution is -2.42. The summed E-state index contributed by atoms with van der Waals surface area (Å²) in [5, 5.41) is 20.7. The highest BCUT2D eigenvalue weighted by molar-refractivity contribution is 5.52. The molecule has 3 aromatic heterocycles. The summed E-state index contributed by atoms with van der Waals surface area (Å²) in [6.45, 7) is 0.529. The molecule has 0 aliphatic heterocycles. The second-order valence-corrected chi connectivity index (χ2v) is 6.63. The fraction of sp³-hybridized carbons (Fsp3) is 0.333. The molecule has 8 nitrogen and oxygen atoms in total. The molecule has 1 fully saturated rings. The van der Waals surface area contributed by atoms with Crippen LogP contribution in [0.15, 0.2) is 41.1 Å². The number of anilines is 1. The highest BCUT2D eigenvalue weighted by Gasteiger charge is 2.41. The molecule has 1 aliphatic carbocycles. The zero-order valence-corrected chi connectivity index (χ0v) is 14.5. The quantitative estimate of drug-likeness (QED) is 0.564. The van der Waals surface area contributed by atoms with Gasteiger partial charge in [-0.2, -0.15) is 0 Å². The summed E-state index contributed by atoms with van der Waals surface area (Å²) in [5.74, 6) is 0.668. The minimum absolute atomic E-state index is 0.0123. The van der Waals surface area contributed by atoms with Crippen LogP contribution >= 0.6 is 0 Å². The Kier molecular flexibility index (Phi) is 4.54. The van der Waals surface area contributed by atoms with Gasteiger partial charge in [0, 0.05) is 18.2 Å². The summed E-state index contributed by atoms with van der Waals surface area (Å²) in [5.41, 5.74) is 5.96. The maximum Gasteiger partial charge on any atom is 0.238 e. The van der Waals surface area contributed by atoms with Crippen molar-refractivity contribution < 1.29 is 13.9 Å². The molecule has 1 unspecified atom stereocenters. The molecule has 0 radical (unpaired) electrons. The lowest BCUT2D eigenvalue weighted by atomic mass is 9.66. The smallest absolute Gasteiger partial charge is 0.238 e. The van der Waals surface area contributed by atoms with E-state index in [9.17, 15) is 9.50 Å². The molecule has 0 amide bonds. The number of aliphatic hydroxyl groups is 1. The third-order valence-corrected chi connectivity index (χ3v) is 4.87. The average Bonchev–Trinajstić information content (AvgIpc) is 3.13. The summed E-state index contributed by atoms with van der Waals surface area (Å²) in [7, 11) is 0. The molecular weight excluding hydrogens is 351 g/mol. The number of nitrogens with one attached hydrogen (secondary N) is 1. The van der Waals surface area contributed by atoms with Crippen molar-refractivity contribution in [2.24, 2.45) is 5.73 Å². The Labute approximate surface area is 154 Å². The predicted molar refractivity (Wildman–Crippen MR) is 94.9 cm³/mol. The Morgan fingerprint density at radius 2 is 2.11 bits per heavy atom. The van der Waals surface area contributed by atoms with E-state index < -0.39 is 6.23 Å². The van der Waals surface area contributed by atoms with Crippen LogP contribution in [0.25, 0.3) is 11.5 Å². The molecule has 1 atom stereocenters. The first-order valence-corrected chi connectivity index (χ1v) is 8.66. The summed E-state index contributed by atoms with van der Waals surface area (Å²) in [4.78, 5) is 8.13. The van der Waals surface area contributed by atoms with Gasteiger partial charge in [0.25, 0.3) is 0 Å². The fourth-order valence-electron chi connectivity index (χ4n) is 3.24. The summed E-state index contributed by atoms with van der Waals surface area (Å²) in [6.07, 6.45) is 4.57. The number of aromatic nitrogens is 4. The second-order valence-electron chi connectivity index (χ2n) is 6.63. The summed E-state index contributed by atoms with van der Waals surface area (Å²) >= 11 is 0. The van der Waals surface area contributed by atoms with Crippen LogP contribution in [0.1, 0.15) is 37.1 Å². The van der Waals surface area contributed by atoms with Gasteiger partial charge in [0.05, 0.1) is 11.9 Å². The maximum absolute atomic E-state index is 14.2. The number of hydrogen-bond donors (Lipinski definition) is 3. The fourth-order valence-corrected chi connectivity index (χ4v) is 3.24. The van der Waals surface area contributed by atoms with Crippen LogP contribution in [0, 0.1) is 5.82 Å². The van der Waals surface area contributed by atoms with Crippen molar-refractivity contribution in [2.45, 2.75) is 30.9 Å². The molecule has 0 saturated heterocycles. The molecule has 140 valence electrons. The molecule has 0 spiro atoms. The van der Waals surface area contributed by atoms with Crippen molar-refractivity contribution in [1.29, 1.82) is 0 Å². The highest BCUT2D eigenvalue weighted by Crippen LogP contribution is 2.43. The number of nitrogens with zero attached hydrogens (tertiary/aromatic N) is 4. The molecule has 0 aromatic carbocycles. The van der Waals surface area contributed by atoms with Crippen molar-refractivity contribution in [2.75, 3.05) is 11.9 Å². The number of rotatable bonds is 6. The van der Waals surface area contributed by atoms with Gasteiger partial charge < -0.3 is 14.8 Å². The van der Waals surface area contributed by atoms with E-state index in [-0.39, 0.29) is 17.1 Å². The molecule has 3 heterocycles. The van der Waals surface area contributed by atoms with Gasteiger partial charge in [0.2, 0.25) is 5.89 Å². The van der Waals surface area contributed by atoms with E-state index in [4.69, 9.17) is 10.2 Å². The molecule has 9 heteroatoms. The average molecular weight is 370 g/mol. The number of halogens is 1. The molecule has 1 saturated carbocycles. The van der Waals surface area contributed by atoms with Crippen molar-refractivity contribution >= 4 is 5.82 Å². The lowest BCUT2D eigenvalue weighted by Gasteiger charge is -2.41. The van der Waals surface area contributed by atoms with E-state index in [2.05, 4.69) is 25.5 Å². The van der Waals surface area contributed by atoms with Gasteiger partial charge in [-0.05, 0) is 37.1 Å². The van der Waals surface area contributed by atoms with Gasteiger partial charge in [-0.25, -0.2) is 9.37 Å². The first kappa shape index (κ1) is 17.5. The Morgan fingerprint density at radius 1 is 1.26 bits per heavy atom. The van der Waals surface area contributed by atoms with Crippen LogP contribution in [-0.2, 0) is 5.41 Å². The molecule has 27 heavy (non-hydrogen) atoms. The number of pyridine rings is 1. The molecule has 3 aromatic rings. The van der Waals surface area contributed by atoms with E-state index >= 15 is 0 Å². The van der Waals surface area contributed by atoms with Crippen LogP contribution in [0.4, 0.5) is 10.2 Å². The Morgan fingerprint density at radius 3 is 2.70 bits per heavy atom. The molecular formula is C18H19FN6O2. The van der Waals surface area contributed by atoms with Crippen LogP contribution in [-0.4, -0.2) is 31.8 Å². The molecule has 0 bridgehead atoms. The van der Waals surface area contributed by atoms with Gasteiger partial charge >= 0.3 is 0 Å². The predicted octanol–water partition coefficient (Wildman–Crippen LogP) is 2.15. The maximum atomic E-state index is 14.2. The monoisotopic (exact) mass is 370 g/mol. The lowest BCUT2D eigenvalue weighted by molar-refractivity contribution is 0.151.